The number of piperidine rings is 1. The predicted octanol–water partition coefficient (Wildman–Crippen LogP) is 7.77. The van der Waals surface area contributed by atoms with Gasteiger partial charge in [-0.15, -0.1) is 0 Å². The summed E-state index contributed by atoms with van der Waals surface area (Å²) in [6, 6.07) is 10.1. The first kappa shape index (κ1) is 32.0. The molecule has 0 amide bonds. The van der Waals surface area contributed by atoms with Gasteiger partial charge in [-0.2, -0.15) is 0 Å². The lowest BCUT2D eigenvalue weighted by Gasteiger charge is -2.41. The molecule has 3 aromatic rings. The SMILES string of the molecule is Cc1nc(C)c(C(OC(C)(C)C)C(=O)O)c(N2CCC(C)(C)CC2)c1-c1ccc2c(c1)CCN(Cc1cc(F)cc(F)c1)C2. The zero-order valence-corrected chi connectivity index (χ0v) is 27.1. The van der Waals surface area contributed by atoms with Gasteiger partial charge >= 0.3 is 5.97 Å². The van der Waals surface area contributed by atoms with E-state index in [0.717, 1.165) is 67.5 Å². The van der Waals surface area contributed by atoms with E-state index in [1.165, 1.54) is 23.3 Å². The summed E-state index contributed by atoms with van der Waals surface area (Å²) >= 11 is 0. The van der Waals surface area contributed by atoms with Crippen molar-refractivity contribution in [3.63, 3.8) is 0 Å². The molecule has 1 atom stereocenters. The number of fused-ring (bicyclic) bond motifs is 1. The van der Waals surface area contributed by atoms with Gasteiger partial charge in [-0.25, -0.2) is 13.6 Å². The zero-order valence-electron chi connectivity index (χ0n) is 27.1. The van der Waals surface area contributed by atoms with Crippen molar-refractivity contribution < 1.29 is 23.4 Å². The number of carboxylic acids is 1. The van der Waals surface area contributed by atoms with Crippen LogP contribution in [0.1, 0.15) is 87.2 Å². The highest BCUT2D eigenvalue weighted by molar-refractivity contribution is 5.88. The van der Waals surface area contributed by atoms with Gasteiger partial charge in [-0.1, -0.05) is 32.0 Å². The smallest absolute Gasteiger partial charge is 0.337 e. The summed E-state index contributed by atoms with van der Waals surface area (Å²) in [5.41, 5.74) is 7.59. The molecule has 6 nitrogen and oxygen atoms in total. The normalized spacial score (nSPS) is 17.8. The Balaban J connectivity index is 1.56. The van der Waals surface area contributed by atoms with Crippen molar-refractivity contribution in [2.45, 2.75) is 92.5 Å². The third-order valence-corrected chi connectivity index (χ3v) is 8.88. The number of hydrogen-bond donors (Lipinski definition) is 1. The maximum Gasteiger partial charge on any atom is 0.337 e. The van der Waals surface area contributed by atoms with Crippen molar-refractivity contribution in [1.29, 1.82) is 0 Å². The molecule has 8 heteroatoms. The maximum absolute atomic E-state index is 13.8. The molecule has 1 unspecified atom stereocenters. The molecule has 0 bridgehead atoms. The second-order valence-corrected chi connectivity index (χ2v) is 14.2. The average molecular weight is 606 g/mol. The Bertz CT molecular complexity index is 1530. The number of aliphatic carboxylic acids is 1. The summed E-state index contributed by atoms with van der Waals surface area (Å²) in [4.78, 5) is 22.2. The number of aromatic nitrogens is 1. The van der Waals surface area contributed by atoms with Crippen molar-refractivity contribution in [2.75, 3.05) is 24.5 Å². The van der Waals surface area contributed by atoms with Crippen molar-refractivity contribution in [1.82, 2.24) is 9.88 Å². The fraction of sp³-hybridized carbons (Fsp3) is 0.500. The summed E-state index contributed by atoms with van der Waals surface area (Å²) < 4.78 is 33.8. The number of benzene rings is 2. The molecule has 2 aliphatic heterocycles. The summed E-state index contributed by atoms with van der Waals surface area (Å²) in [6.07, 6.45) is 1.63. The van der Waals surface area contributed by atoms with Crippen LogP contribution in [0.2, 0.25) is 0 Å². The second-order valence-electron chi connectivity index (χ2n) is 14.2. The van der Waals surface area contributed by atoms with E-state index in [4.69, 9.17) is 9.72 Å². The van der Waals surface area contributed by atoms with Crippen molar-refractivity contribution in [3.05, 3.63) is 81.7 Å². The summed E-state index contributed by atoms with van der Waals surface area (Å²) in [5, 5.41) is 10.5. The number of aryl methyl sites for hydroxylation is 2. The molecule has 1 fully saturated rings. The Labute approximate surface area is 260 Å². The van der Waals surface area contributed by atoms with Crippen LogP contribution < -0.4 is 4.90 Å². The van der Waals surface area contributed by atoms with Crippen molar-refractivity contribution in [3.8, 4) is 11.1 Å². The molecule has 0 spiro atoms. The molecular weight excluding hydrogens is 560 g/mol. The number of carbonyl (C=O) groups is 1. The minimum Gasteiger partial charge on any atom is -0.479 e. The van der Waals surface area contributed by atoms with Crippen LogP contribution in [0.25, 0.3) is 11.1 Å². The average Bonchev–Trinajstić information content (AvgIpc) is 2.90. The van der Waals surface area contributed by atoms with Gasteiger partial charge in [0.05, 0.1) is 11.3 Å². The Morgan fingerprint density at radius 2 is 1.66 bits per heavy atom. The molecular formula is C36H45F2N3O3. The Kier molecular flexibility index (Phi) is 8.89. The highest BCUT2D eigenvalue weighted by Gasteiger charge is 2.36. The molecule has 2 aliphatic rings. The molecule has 0 aliphatic carbocycles. The third-order valence-electron chi connectivity index (χ3n) is 8.88. The van der Waals surface area contributed by atoms with E-state index >= 15 is 0 Å². The molecule has 2 aromatic carbocycles. The molecule has 44 heavy (non-hydrogen) atoms. The monoisotopic (exact) mass is 605 g/mol. The zero-order chi connectivity index (χ0) is 32.0. The van der Waals surface area contributed by atoms with Gasteiger partial charge in [0.25, 0.3) is 0 Å². The quantitative estimate of drug-likeness (QED) is 0.297. The molecule has 0 radical (unpaired) electrons. The van der Waals surface area contributed by atoms with E-state index in [9.17, 15) is 18.7 Å². The second kappa shape index (κ2) is 12.2. The lowest BCUT2D eigenvalue weighted by molar-refractivity contribution is -0.160. The molecule has 1 aromatic heterocycles. The lowest BCUT2D eigenvalue weighted by Crippen LogP contribution is -2.39. The maximum atomic E-state index is 13.8. The molecule has 5 rings (SSSR count). The van der Waals surface area contributed by atoms with E-state index in [2.05, 4.69) is 41.8 Å². The van der Waals surface area contributed by atoms with E-state index in [1.807, 2.05) is 34.6 Å². The summed E-state index contributed by atoms with van der Waals surface area (Å²) in [6.45, 7) is 17.6. The van der Waals surface area contributed by atoms with Crippen LogP contribution in [0, 0.1) is 30.9 Å². The standard InChI is InChI=1S/C36H45F2N3O3/c1-22-30(26-8-9-27-21-40(13-10-25(27)18-26)20-24-16-28(37)19-29(38)17-24)32(41-14-11-36(6,7)12-15-41)31(23(2)39-22)33(34(42)43)44-35(3,4)5/h8-9,16-19,33H,10-15,20-21H2,1-7H3,(H,42,43). The molecule has 1 saturated heterocycles. The minimum absolute atomic E-state index is 0.219. The van der Waals surface area contributed by atoms with E-state index < -0.39 is 29.3 Å². The number of nitrogens with zero attached hydrogens (tertiary/aromatic N) is 3. The highest BCUT2D eigenvalue weighted by Crippen LogP contribution is 2.45. The minimum atomic E-state index is -1.16. The van der Waals surface area contributed by atoms with Crippen LogP contribution in [-0.2, 0) is 29.0 Å². The van der Waals surface area contributed by atoms with Gasteiger partial charge in [0, 0.05) is 61.3 Å². The van der Waals surface area contributed by atoms with Crippen LogP contribution in [0.5, 0.6) is 0 Å². The van der Waals surface area contributed by atoms with E-state index in [1.54, 1.807) is 0 Å². The van der Waals surface area contributed by atoms with Crippen LogP contribution in [-0.4, -0.2) is 46.2 Å². The first-order valence-corrected chi connectivity index (χ1v) is 15.6. The largest absolute Gasteiger partial charge is 0.479 e. The Morgan fingerprint density at radius 3 is 2.27 bits per heavy atom. The highest BCUT2D eigenvalue weighted by atomic mass is 19.1. The van der Waals surface area contributed by atoms with Gasteiger partial charge in [0.15, 0.2) is 6.10 Å². The van der Waals surface area contributed by atoms with Gasteiger partial charge < -0.3 is 14.7 Å². The van der Waals surface area contributed by atoms with Gasteiger partial charge in [-0.05, 0) is 93.7 Å². The number of anilines is 1. The first-order chi connectivity index (χ1) is 20.6. The van der Waals surface area contributed by atoms with Crippen molar-refractivity contribution in [2.24, 2.45) is 5.41 Å². The van der Waals surface area contributed by atoms with Crippen LogP contribution in [0.15, 0.2) is 36.4 Å². The first-order valence-electron chi connectivity index (χ1n) is 15.6. The van der Waals surface area contributed by atoms with Crippen LogP contribution in [0.4, 0.5) is 14.5 Å². The van der Waals surface area contributed by atoms with Gasteiger partial charge in [0.1, 0.15) is 11.6 Å². The molecule has 3 heterocycles. The number of ether oxygens (including phenoxy) is 1. The fourth-order valence-electron chi connectivity index (χ4n) is 6.62. The third kappa shape index (κ3) is 7.13. The lowest BCUT2D eigenvalue weighted by atomic mass is 9.81. The van der Waals surface area contributed by atoms with E-state index in [-0.39, 0.29) is 5.41 Å². The van der Waals surface area contributed by atoms with Crippen LogP contribution >= 0.6 is 0 Å². The number of rotatable bonds is 7. The fourth-order valence-corrected chi connectivity index (χ4v) is 6.62. The van der Waals surface area contributed by atoms with Crippen LogP contribution in [0.3, 0.4) is 0 Å². The topological polar surface area (TPSA) is 65.9 Å². The number of halogens is 2. The predicted molar refractivity (Wildman–Crippen MR) is 170 cm³/mol. The van der Waals surface area contributed by atoms with Gasteiger partial charge in [0.2, 0.25) is 0 Å². The van der Waals surface area contributed by atoms with Gasteiger partial charge in [-0.3, -0.25) is 9.88 Å². The number of pyridine rings is 1. The van der Waals surface area contributed by atoms with Crippen molar-refractivity contribution >= 4 is 11.7 Å². The number of carboxylic acid groups (broad SMARTS) is 1. The number of hydrogen-bond acceptors (Lipinski definition) is 5. The molecule has 236 valence electrons. The molecule has 1 N–H and O–H groups in total. The summed E-state index contributed by atoms with van der Waals surface area (Å²) in [5.74, 6) is -2.15. The van der Waals surface area contributed by atoms with E-state index in [0.29, 0.717) is 29.9 Å². The Hall–Kier alpha value is -3.36. The molecule has 0 saturated carbocycles. The summed E-state index contributed by atoms with van der Waals surface area (Å²) in [7, 11) is 0. The Morgan fingerprint density at radius 1 is 1.00 bits per heavy atom.